The summed E-state index contributed by atoms with van der Waals surface area (Å²) in [6.07, 6.45) is 4.50. The molecule has 0 aromatic rings. The van der Waals surface area contributed by atoms with Crippen molar-refractivity contribution in [2.75, 3.05) is 6.61 Å². The van der Waals surface area contributed by atoms with E-state index in [-0.39, 0.29) is 41.7 Å². The van der Waals surface area contributed by atoms with Crippen molar-refractivity contribution in [2.24, 2.45) is 28.6 Å². The quantitative estimate of drug-likeness (QED) is 0.225. The van der Waals surface area contributed by atoms with Crippen molar-refractivity contribution in [3.8, 4) is 0 Å². The molecule has 6 rings (SSSR count). The molecular formula is C29H44O10. The number of aldehydes is 1. The summed E-state index contributed by atoms with van der Waals surface area (Å²) in [6.45, 7) is 4.13. The van der Waals surface area contributed by atoms with Gasteiger partial charge in [-0.3, -0.25) is 0 Å². The predicted molar refractivity (Wildman–Crippen MR) is 137 cm³/mol. The third kappa shape index (κ3) is 4.08. The molecule has 5 fully saturated rings. The number of carbonyl (C=O) groups excluding carboxylic acids is 2. The van der Waals surface area contributed by atoms with Crippen LogP contribution in [0.25, 0.3) is 0 Å². The summed E-state index contributed by atoms with van der Waals surface area (Å²) in [5.41, 5.74) is -2.60. The molecule has 4 aliphatic carbocycles. The Morgan fingerprint density at radius 2 is 1.79 bits per heavy atom. The highest BCUT2D eigenvalue weighted by Gasteiger charge is 2.71. The molecule has 0 spiro atoms. The van der Waals surface area contributed by atoms with Gasteiger partial charge in [-0.1, -0.05) is 6.92 Å². The molecule has 220 valence electrons. The van der Waals surface area contributed by atoms with Gasteiger partial charge in [-0.05, 0) is 81.6 Å². The van der Waals surface area contributed by atoms with E-state index in [2.05, 4.69) is 6.92 Å². The van der Waals surface area contributed by atoms with Crippen molar-refractivity contribution in [1.82, 2.24) is 0 Å². The van der Waals surface area contributed by atoms with Crippen LogP contribution in [0, 0.1) is 28.6 Å². The van der Waals surface area contributed by atoms with E-state index in [1.807, 2.05) is 0 Å². The Balaban J connectivity index is 0.00000308. The summed E-state index contributed by atoms with van der Waals surface area (Å²) in [5.74, 6) is -0.473. The van der Waals surface area contributed by atoms with Gasteiger partial charge in [0.05, 0.1) is 34.9 Å². The highest BCUT2D eigenvalue weighted by Crippen LogP contribution is 2.70. The number of fused-ring (bicyclic) bond motifs is 5. The van der Waals surface area contributed by atoms with E-state index in [0.29, 0.717) is 45.1 Å². The van der Waals surface area contributed by atoms with Gasteiger partial charge in [0.2, 0.25) is 0 Å². The molecule has 0 unspecified atom stereocenters. The van der Waals surface area contributed by atoms with Crippen LogP contribution in [0.1, 0.15) is 78.1 Å². The lowest BCUT2D eigenvalue weighted by Gasteiger charge is -2.65. The second kappa shape index (κ2) is 9.86. The maximum absolute atomic E-state index is 12.9. The van der Waals surface area contributed by atoms with E-state index in [4.69, 9.17) is 14.2 Å². The third-order valence-electron chi connectivity index (χ3n) is 11.9. The first kappa shape index (κ1) is 29.1. The highest BCUT2D eigenvalue weighted by molar-refractivity contribution is 5.85. The minimum atomic E-state index is -1.24. The van der Waals surface area contributed by atoms with Crippen molar-refractivity contribution in [3.05, 3.63) is 11.6 Å². The van der Waals surface area contributed by atoms with Gasteiger partial charge in [0.15, 0.2) is 6.29 Å². The number of ether oxygens (including phenoxy) is 3. The monoisotopic (exact) mass is 552 g/mol. The first-order valence-corrected chi connectivity index (χ1v) is 14.4. The zero-order chi connectivity index (χ0) is 27.1. The Labute approximate surface area is 229 Å². The number of cyclic esters (lactones) is 1. The largest absolute Gasteiger partial charge is 0.458 e. The molecule has 1 saturated heterocycles. The Kier molecular flexibility index (Phi) is 7.36. The molecule has 0 aromatic carbocycles. The summed E-state index contributed by atoms with van der Waals surface area (Å²) < 4.78 is 17.1. The van der Waals surface area contributed by atoms with Crippen LogP contribution in [0.5, 0.6) is 0 Å². The van der Waals surface area contributed by atoms with E-state index < -0.39 is 46.6 Å². The lowest BCUT2D eigenvalue weighted by Crippen LogP contribution is -2.69. The maximum atomic E-state index is 12.9. The average molecular weight is 553 g/mol. The SMILES string of the molecule is C[C@H]1O[C@@H](O[C@H]2CC[C@]3(C=O)[C@H]4CC[C@]5(C)[C@@H](C6=CC(=O)OC6)CC[C@]5(O)[C@@H]4CC[C@]3(O)C2)C[C@H](O)[C@@H]1O.O. The normalized spacial score (nSPS) is 53.0. The van der Waals surface area contributed by atoms with Crippen molar-refractivity contribution in [2.45, 2.75) is 120 Å². The minimum absolute atomic E-state index is 0. The van der Waals surface area contributed by atoms with E-state index in [9.17, 15) is 30.0 Å². The molecule has 10 heteroatoms. The number of rotatable bonds is 4. The molecule has 10 nitrogen and oxygen atoms in total. The van der Waals surface area contributed by atoms with Crippen LogP contribution in [-0.2, 0) is 23.8 Å². The second-order valence-electron chi connectivity index (χ2n) is 13.3. The molecule has 0 amide bonds. The summed E-state index contributed by atoms with van der Waals surface area (Å²) in [4.78, 5) is 24.7. The zero-order valence-corrected chi connectivity index (χ0v) is 22.9. The van der Waals surface area contributed by atoms with Crippen LogP contribution in [0.15, 0.2) is 11.6 Å². The smallest absolute Gasteiger partial charge is 0.331 e. The third-order valence-corrected chi connectivity index (χ3v) is 11.9. The lowest BCUT2D eigenvalue weighted by atomic mass is 9.41. The van der Waals surface area contributed by atoms with Crippen molar-refractivity contribution in [1.29, 1.82) is 0 Å². The van der Waals surface area contributed by atoms with Crippen LogP contribution < -0.4 is 0 Å². The number of carbonyl (C=O) groups is 2. The van der Waals surface area contributed by atoms with Gasteiger partial charge in [-0.2, -0.15) is 0 Å². The van der Waals surface area contributed by atoms with Crippen LogP contribution in [0.4, 0.5) is 0 Å². The fourth-order valence-corrected chi connectivity index (χ4v) is 9.76. The fraction of sp³-hybridized carbons (Fsp3) is 0.862. The molecule has 2 heterocycles. The molecule has 12 atom stereocenters. The van der Waals surface area contributed by atoms with E-state index in [1.54, 1.807) is 13.0 Å². The van der Waals surface area contributed by atoms with E-state index in [1.165, 1.54) is 0 Å². The van der Waals surface area contributed by atoms with Gasteiger partial charge in [-0.15, -0.1) is 0 Å². The average Bonchev–Trinajstić information content (AvgIpc) is 3.41. The number of hydrogen-bond donors (Lipinski definition) is 4. The zero-order valence-electron chi connectivity index (χ0n) is 22.9. The molecule has 0 bridgehead atoms. The van der Waals surface area contributed by atoms with Gasteiger partial charge in [0.25, 0.3) is 0 Å². The van der Waals surface area contributed by atoms with Crippen LogP contribution in [0.3, 0.4) is 0 Å². The van der Waals surface area contributed by atoms with Crippen LogP contribution in [-0.4, -0.2) is 86.7 Å². The predicted octanol–water partition coefficient (Wildman–Crippen LogP) is 0.954. The standard InChI is InChI=1S/C29H42O9.H2O/c1-16-25(33)22(31)12-24(37-16)38-18-3-8-27(15-30)20-4-7-26(2)19(17-11-23(32)36-14-17)6-10-29(26,35)21(20)5-9-28(27,34)13-18;/h11,15-16,18-22,24-25,31,33-35H,3-10,12-14H2,1-2H3;1H2/t16-,18+,19-,20+,21-,22+,24+,25-,26-,27+,28+,29+;/m1./s1. The Morgan fingerprint density at radius 1 is 1.05 bits per heavy atom. The van der Waals surface area contributed by atoms with Crippen molar-refractivity contribution in [3.63, 3.8) is 0 Å². The molecule has 6 N–H and O–H groups in total. The Morgan fingerprint density at radius 3 is 2.46 bits per heavy atom. The number of aliphatic hydroxyl groups is 4. The van der Waals surface area contributed by atoms with E-state index in [0.717, 1.165) is 31.1 Å². The first-order chi connectivity index (χ1) is 18.0. The maximum Gasteiger partial charge on any atom is 0.331 e. The molecule has 0 aromatic heterocycles. The van der Waals surface area contributed by atoms with E-state index >= 15 is 0 Å². The molecular weight excluding hydrogens is 508 g/mol. The van der Waals surface area contributed by atoms with Gasteiger partial charge in [-0.25, -0.2) is 4.79 Å². The van der Waals surface area contributed by atoms with Crippen molar-refractivity contribution < 1.29 is 49.7 Å². The molecule has 2 aliphatic heterocycles. The number of hydrogen-bond acceptors (Lipinski definition) is 9. The first-order valence-electron chi connectivity index (χ1n) is 14.4. The van der Waals surface area contributed by atoms with Crippen LogP contribution >= 0.6 is 0 Å². The summed E-state index contributed by atoms with van der Waals surface area (Å²) in [6, 6.07) is 0. The Hall–Kier alpha value is -1.40. The van der Waals surface area contributed by atoms with Crippen LogP contribution in [0.2, 0.25) is 0 Å². The lowest BCUT2D eigenvalue weighted by molar-refractivity contribution is -0.286. The Bertz CT molecular complexity index is 1000. The second-order valence-corrected chi connectivity index (χ2v) is 13.3. The molecule has 6 aliphatic rings. The van der Waals surface area contributed by atoms with Gasteiger partial charge in [0.1, 0.15) is 19.0 Å². The van der Waals surface area contributed by atoms with Gasteiger partial charge >= 0.3 is 5.97 Å². The van der Waals surface area contributed by atoms with Crippen molar-refractivity contribution >= 4 is 12.3 Å². The number of esters is 1. The summed E-state index contributed by atoms with van der Waals surface area (Å²) in [5, 5.41) is 44.6. The summed E-state index contributed by atoms with van der Waals surface area (Å²) >= 11 is 0. The highest BCUT2D eigenvalue weighted by atomic mass is 16.7. The number of aliphatic hydroxyl groups excluding tert-OH is 2. The fourth-order valence-electron chi connectivity index (χ4n) is 9.76. The minimum Gasteiger partial charge on any atom is -0.458 e. The van der Waals surface area contributed by atoms with Gasteiger partial charge < -0.3 is 44.9 Å². The topological polar surface area (TPSA) is 174 Å². The van der Waals surface area contributed by atoms with Gasteiger partial charge in [0, 0.05) is 24.3 Å². The summed E-state index contributed by atoms with van der Waals surface area (Å²) in [7, 11) is 0. The molecule has 0 radical (unpaired) electrons. The molecule has 4 saturated carbocycles. The molecule has 39 heavy (non-hydrogen) atoms.